The molecule has 1 aliphatic rings. The molecule has 33 heavy (non-hydrogen) atoms. The zero-order valence-corrected chi connectivity index (χ0v) is 16.6. The van der Waals surface area contributed by atoms with Gasteiger partial charge in [-0.1, -0.05) is 0 Å². The van der Waals surface area contributed by atoms with Crippen LogP contribution in [0.5, 0.6) is 34.5 Å². The molecule has 1 saturated heterocycles. The molecule has 1 heterocycles. The van der Waals surface area contributed by atoms with Crippen molar-refractivity contribution in [3.05, 3.63) is 35.4 Å². The van der Waals surface area contributed by atoms with E-state index in [1.165, 1.54) is 0 Å². The fraction of sp³-hybridized carbons (Fsp3) is 0.300. The van der Waals surface area contributed by atoms with Crippen molar-refractivity contribution in [1.29, 1.82) is 0 Å². The van der Waals surface area contributed by atoms with E-state index in [9.17, 15) is 50.4 Å². The van der Waals surface area contributed by atoms with Crippen LogP contribution in [0, 0.1) is 0 Å². The van der Waals surface area contributed by atoms with Crippen LogP contribution in [0.2, 0.25) is 0 Å². The molecule has 13 nitrogen and oxygen atoms in total. The highest BCUT2D eigenvalue weighted by molar-refractivity contribution is 5.91. The van der Waals surface area contributed by atoms with Gasteiger partial charge >= 0.3 is 5.97 Å². The monoisotopic (exact) mass is 468 g/mol. The van der Waals surface area contributed by atoms with Crippen LogP contribution in [0.1, 0.15) is 20.7 Å². The van der Waals surface area contributed by atoms with Crippen LogP contribution < -0.4 is 4.74 Å². The van der Waals surface area contributed by atoms with Crippen LogP contribution in [0.4, 0.5) is 0 Å². The van der Waals surface area contributed by atoms with Crippen molar-refractivity contribution in [2.24, 2.45) is 0 Å². The Labute approximate surface area is 184 Å². The molecule has 5 atom stereocenters. The van der Waals surface area contributed by atoms with E-state index in [0.717, 1.165) is 24.3 Å². The van der Waals surface area contributed by atoms with Crippen LogP contribution >= 0.6 is 0 Å². The summed E-state index contributed by atoms with van der Waals surface area (Å²) in [5.74, 6) is -5.46. The Bertz CT molecular complexity index is 1010. The Balaban J connectivity index is 1.73. The number of aliphatic hydroxyl groups excluding tert-OH is 3. The van der Waals surface area contributed by atoms with Gasteiger partial charge in [-0.3, -0.25) is 4.79 Å². The average molecular weight is 468 g/mol. The van der Waals surface area contributed by atoms with Gasteiger partial charge in [-0.25, -0.2) is 4.79 Å². The number of ether oxygens (including phenoxy) is 3. The second-order valence-electron chi connectivity index (χ2n) is 7.10. The molecule has 0 aromatic heterocycles. The smallest absolute Gasteiger partial charge is 0.338 e. The fourth-order valence-corrected chi connectivity index (χ4v) is 3.04. The van der Waals surface area contributed by atoms with Crippen LogP contribution in [0.15, 0.2) is 24.3 Å². The van der Waals surface area contributed by atoms with Gasteiger partial charge in [0.15, 0.2) is 28.7 Å². The molecule has 1 aliphatic heterocycles. The van der Waals surface area contributed by atoms with Crippen molar-refractivity contribution in [1.82, 2.24) is 0 Å². The van der Waals surface area contributed by atoms with Gasteiger partial charge in [0.2, 0.25) is 12.0 Å². The molecular formula is C20H20O13. The maximum absolute atomic E-state index is 12.2. The molecule has 5 unspecified atom stereocenters. The first-order chi connectivity index (χ1) is 15.5. The van der Waals surface area contributed by atoms with E-state index < -0.39 is 77.8 Å². The van der Waals surface area contributed by atoms with Gasteiger partial charge < -0.3 is 55.1 Å². The van der Waals surface area contributed by atoms with Crippen molar-refractivity contribution >= 4 is 12.3 Å². The van der Waals surface area contributed by atoms with Crippen molar-refractivity contribution < 1.29 is 64.7 Å². The number of hydrogen-bond donors (Lipinski definition) is 8. The number of aromatic hydroxyl groups is 5. The molecule has 0 amide bonds. The summed E-state index contributed by atoms with van der Waals surface area (Å²) in [4.78, 5) is 23.0. The second kappa shape index (κ2) is 9.38. The lowest BCUT2D eigenvalue weighted by atomic mass is 9.99. The van der Waals surface area contributed by atoms with Gasteiger partial charge in [-0.05, 0) is 24.3 Å². The third-order valence-electron chi connectivity index (χ3n) is 4.79. The summed E-state index contributed by atoms with van der Waals surface area (Å²) in [5.41, 5.74) is -0.430. The van der Waals surface area contributed by atoms with Gasteiger partial charge in [0, 0.05) is 5.56 Å². The molecule has 3 rings (SSSR count). The van der Waals surface area contributed by atoms with E-state index in [-0.39, 0.29) is 11.1 Å². The average Bonchev–Trinajstić information content (AvgIpc) is 2.78. The predicted octanol–water partition coefficient (Wildman–Crippen LogP) is -0.930. The van der Waals surface area contributed by atoms with Crippen molar-refractivity contribution in [3.8, 4) is 34.5 Å². The van der Waals surface area contributed by atoms with Crippen LogP contribution in [0.25, 0.3) is 0 Å². The number of aliphatic hydroxyl groups is 3. The number of phenolic OH excluding ortho intramolecular Hbond substituents is 5. The molecule has 0 spiro atoms. The first-order valence-electron chi connectivity index (χ1n) is 9.33. The van der Waals surface area contributed by atoms with E-state index in [1.807, 2.05) is 0 Å². The number of rotatable bonds is 6. The molecular weight excluding hydrogens is 448 g/mol. The van der Waals surface area contributed by atoms with Gasteiger partial charge in [0.1, 0.15) is 37.3 Å². The van der Waals surface area contributed by atoms with Gasteiger partial charge in [-0.15, -0.1) is 0 Å². The maximum Gasteiger partial charge on any atom is 0.338 e. The number of carbonyl (C=O) groups excluding carboxylic acids is 2. The molecule has 0 aliphatic carbocycles. The molecule has 2 aromatic carbocycles. The molecule has 0 bridgehead atoms. The Morgan fingerprint density at radius 3 is 2.00 bits per heavy atom. The van der Waals surface area contributed by atoms with E-state index >= 15 is 0 Å². The van der Waals surface area contributed by atoms with Crippen molar-refractivity contribution in [2.45, 2.75) is 30.7 Å². The number of phenols is 5. The zero-order valence-electron chi connectivity index (χ0n) is 16.6. The van der Waals surface area contributed by atoms with Crippen molar-refractivity contribution in [3.63, 3.8) is 0 Å². The van der Waals surface area contributed by atoms with Gasteiger partial charge in [0.25, 0.3) is 0 Å². The molecule has 8 N–H and O–H groups in total. The van der Waals surface area contributed by atoms with Gasteiger partial charge in [0.05, 0.1) is 5.56 Å². The highest BCUT2D eigenvalue weighted by Gasteiger charge is 2.46. The summed E-state index contributed by atoms with van der Waals surface area (Å²) >= 11 is 0. The van der Waals surface area contributed by atoms with Gasteiger partial charge in [-0.2, -0.15) is 0 Å². The van der Waals surface area contributed by atoms with Crippen LogP contribution in [-0.2, 0) is 9.47 Å². The first kappa shape index (κ1) is 23.9. The summed E-state index contributed by atoms with van der Waals surface area (Å²) < 4.78 is 15.5. The Hall–Kier alpha value is -3.78. The molecule has 1 fully saturated rings. The summed E-state index contributed by atoms with van der Waals surface area (Å²) in [6, 6.07) is 3.55. The minimum atomic E-state index is -1.86. The first-order valence-corrected chi connectivity index (χ1v) is 9.33. The lowest BCUT2D eigenvalue weighted by Gasteiger charge is -2.39. The maximum atomic E-state index is 12.2. The number of hydrogen-bond acceptors (Lipinski definition) is 13. The minimum absolute atomic E-state index is 0.0750. The zero-order chi connectivity index (χ0) is 24.4. The molecule has 178 valence electrons. The molecule has 2 aromatic rings. The van der Waals surface area contributed by atoms with Crippen molar-refractivity contribution in [2.75, 3.05) is 6.61 Å². The minimum Gasteiger partial charge on any atom is -0.504 e. The lowest BCUT2D eigenvalue weighted by Crippen LogP contribution is -2.60. The highest BCUT2D eigenvalue weighted by Crippen LogP contribution is 2.39. The summed E-state index contributed by atoms with van der Waals surface area (Å²) in [6.45, 7) is -0.700. The Kier molecular flexibility index (Phi) is 6.78. The van der Waals surface area contributed by atoms with E-state index in [0.29, 0.717) is 6.29 Å². The standard InChI is InChI=1S/C20H20O13/c21-5-7-1-11(24)18(12(25)2-7)33-20-17(29)16(28)15(27)13(32-20)6-31-19(30)8-3-9(22)14(26)10(23)4-8/h1-5,13,15-17,20,22-29H,6H2. The van der Waals surface area contributed by atoms with Crippen LogP contribution in [-0.4, -0.2) is 90.4 Å². The summed E-state index contributed by atoms with van der Waals surface area (Å²) in [6.07, 6.45) is -8.33. The second-order valence-corrected chi connectivity index (χ2v) is 7.10. The third kappa shape index (κ3) is 4.85. The summed E-state index contributed by atoms with van der Waals surface area (Å²) in [7, 11) is 0. The van der Waals surface area contributed by atoms with E-state index in [1.54, 1.807) is 0 Å². The fourth-order valence-electron chi connectivity index (χ4n) is 3.04. The van der Waals surface area contributed by atoms with E-state index in [4.69, 9.17) is 14.2 Å². The number of carbonyl (C=O) groups is 2. The number of benzene rings is 2. The highest BCUT2D eigenvalue weighted by atomic mass is 16.7. The Morgan fingerprint density at radius 2 is 1.45 bits per heavy atom. The molecule has 13 heteroatoms. The SMILES string of the molecule is O=Cc1cc(O)c(OC2OC(COC(=O)c3cc(O)c(O)c(O)c3)C(O)C(O)C2O)c(O)c1. The quantitative estimate of drug-likeness (QED) is 0.146. The summed E-state index contributed by atoms with van der Waals surface area (Å²) in [5, 5.41) is 78.6. The molecule has 0 saturated carbocycles. The Morgan fingerprint density at radius 1 is 0.879 bits per heavy atom. The predicted molar refractivity (Wildman–Crippen MR) is 104 cm³/mol. The van der Waals surface area contributed by atoms with Crippen LogP contribution in [0.3, 0.4) is 0 Å². The number of aldehydes is 1. The lowest BCUT2D eigenvalue weighted by molar-refractivity contribution is -0.277. The van der Waals surface area contributed by atoms with E-state index in [2.05, 4.69) is 0 Å². The normalized spacial score (nSPS) is 24.8. The third-order valence-corrected chi connectivity index (χ3v) is 4.79. The largest absolute Gasteiger partial charge is 0.504 e. The topological polar surface area (TPSA) is 224 Å². The number of esters is 1. The molecule has 0 radical (unpaired) electrons.